The monoisotopic (exact) mass is 284 g/mol. The summed E-state index contributed by atoms with van der Waals surface area (Å²) in [4.78, 5) is 0. The highest BCUT2D eigenvalue weighted by molar-refractivity contribution is 6.01. The molecule has 0 radical (unpaired) electrons. The lowest BCUT2D eigenvalue weighted by Gasteiger charge is -2.17. The zero-order chi connectivity index (χ0) is 16.2. The third-order valence-corrected chi connectivity index (χ3v) is 4.30. The molecule has 21 heavy (non-hydrogen) atoms. The second-order valence-corrected chi connectivity index (χ2v) is 5.45. The normalized spacial score (nSPS) is 14.9. The Bertz CT molecular complexity index is 648. The minimum atomic E-state index is 0.130. The zero-order valence-corrected chi connectivity index (χ0v) is 14.9. The van der Waals surface area contributed by atoms with E-state index in [0.29, 0.717) is 0 Å². The van der Waals surface area contributed by atoms with Crippen molar-refractivity contribution in [2.45, 2.75) is 53.9 Å². The third kappa shape index (κ3) is 2.74. The summed E-state index contributed by atoms with van der Waals surface area (Å²) in [5.41, 5.74) is 4.37. The van der Waals surface area contributed by atoms with Gasteiger partial charge in [-0.2, -0.15) is 0 Å². The highest BCUT2D eigenvalue weighted by atomic mass is 15.0. The van der Waals surface area contributed by atoms with Gasteiger partial charge >= 0.3 is 0 Å². The highest BCUT2D eigenvalue weighted by Crippen LogP contribution is 2.42. The van der Waals surface area contributed by atoms with Gasteiger partial charge in [0.2, 0.25) is 5.69 Å². The van der Waals surface area contributed by atoms with E-state index in [0.717, 1.165) is 0 Å². The van der Waals surface area contributed by atoms with Crippen LogP contribution in [0.1, 0.15) is 54.0 Å². The molecule has 0 fully saturated rings. The van der Waals surface area contributed by atoms with Crippen LogP contribution in [-0.2, 0) is 5.41 Å². The van der Waals surface area contributed by atoms with Crippen molar-refractivity contribution in [3.63, 3.8) is 0 Å². The molecule has 0 aromatic heterocycles. The van der Waals surface area contributed by atoms with Gasteiger partial charge in [0.15, 0.2) is 5.71 Å². The van der Waals surface area contributed by atoms with E-state index in [9.17, 15) is 0 Å². The summed E-state index contributed by atoms with van der Waals surface area (Å²) in [7, 11) is 2.16. The Hall–Kier alpha value is -1.63. The van der Waals surface area contributed by atoms with Crippen molar-refractivity contribution in [3.8, 4) is 0 Å². The third-order valence-electron chi connectivity index (χ3n) is 4.30. The molecule has 0 aliphatic carbocycles. The maximum atomic E-state index is 2.32. The molecule has 3 rings (SSSR count). The quantitative estimate of drug-likeness (QED) is 0.528. The molecule has 114 valence electrons. The molecule has 0 saturated carbocycles. The lowest BCUT2D eigenvalue weighted by molar-refractivity contribution is -0.402. The van der Waals surface area contributed by atoms with Gasteiger partial charge in [-0.25, -0.2) is 4.58 Å². The molecular formula is C20H30N+. The number of fused-ring (bicyclic) bond motifs is 3. The Morgan fingerprint density at radius 1 is 0.857 bits per heavy atom. The standard InChI is InChI=1S/C16H18N.2C2H6/c1-11-16(2,3)15-13-8-6-5-7-12(13)9-10-14(15)17(11)4;2*1-2/h5-10H,1-4H3;2*1-2H3/q+1;;. The van der Waals surface area contributed by atoms with Crippen LogP contribution in [-0.4, -0.2) is 17.3 Å². The van der Waals surface area contributed by atoms with E-state index in [-0.39, 0.29) is 5.41 Å². The van der Waals surface area contributed by atoms with Crippen molar-refractivity contribution in [3.05, 3.63) is 42.0 Å². The van der Waals surface area contributed by atoms with Gasteiger partial charge in [0, 0.05) is 18.6 Å². The molecule has 0 spiro atoms. The molecule has 0 saturated heterocycles. The van der Waals surface area contributed by atoms with Crippen LogP contribution in [0.15, 0.2) is 36.4 Å². The van der Waals surface area contributed by atoms with E-state index in [1.165, 1.54) is 27.7 Å². The summed E-state index contributed by atoms with van der Waals surface area (Å²) < 4.78 is 2.32. The van der Waals surface area contributed by atoms with E-state index >= 15 is 0 Å². The largest absolute Gasteiger partial charge is 0.209 e. The molecule has 1 nitrogen and oxygen atoms in total. The SMILES string of the molecule is CC.CC.CC1=[N+](C)c2ccc3ccccc3c2C1(C)C. The van der Waals surface area contributed by atoms with Gasteiger partial charge in [-0.05, 0) is 30.7 Å². The van der Waals surface area contributed by atoms with E-state index < -0.39 is 0 Å². The maximum Gasteiger partial charge on any atom is 0.209 e. The van der Waals surface area contributed by atoms with Gasteiger partial charge in [-0.1, -0.05) is 52.0 Å². The van der Waals surface area contributed by atoms with E-state index in [4.69, 9.17) is 0 Å². The van der Waals surface area contributed by atoms with E-state index in [2.05, 4.69) is 68.8 Å². The average molecular weight is 284 g/mol. The first-order valence-electron chi connectivity index (χ1n) is 8.13. The van der Waals surface area contributed by atoms with Crippen LogP contribution < -0.4 is 0 Å². The number of hydrogen-bond acceptors (Lipinski definition) is 0. The predicted molar refractivity (Wildman–Crippen MR) is 96.2 cm³/mol. The van der Waals surface area contributed by atoms with Crippen LogP contribution in [0.3, 0.4) is 0 Å². The van der Waals surface area contributed by atoms with Gasteiger partial charge in [0.05, 0.1) is 5.41 Å². The molecule has 1 aliphatic rings. The summed E-state index contributed by atoms with van der Waals surface area (Å²) in [6, 6.07) is 13.1. The Balaban J connectivity index is 0.000000510. The smallest absolute Gasteiger partial charge is 0.202 e. The summed E-state index contributed by atoms with van der Waals surface area (Å²) >= 11 is 0. The summed E-state index contributed by atoms with van der Waals surface area (Å²) in [6.07, 6.45) is 0. The Labute approximate surface area is 130 Å². The van der Waals surface area contributed by atoms with Crippen molar-refractivity contribution in [2.24, 2.45) is 0 Å². The Kier molecular flexibility index (Phi) is 5.71. The summed E-state index contributed by atoms with van der Waals surface area (Å²) in [5.74, 6) is 0. The van der Waals surface area contributed by atoms with Crippen molar-refractivity contribution in [1.29, 1.82) is 0 Å². The Morgan fingerprint density at radius 2 is 1.43 bits per heavy atom. The first kappa shape index (κ1) is 17.4. The minimum Gasteiger partial charge on any atom is -0.202 e. The van der Waals surface area contributed by atoms with E-state index in [1.54, 1.807) is 0 Å². The molecular weight excluding hydrogens is 254 g/mol. The van der Waals surface area contributed by atoms with Crippen LogP contribution in [0.4, 0.5) is 5.69 Å². The van der Waals surface area contributed by atoms with Gasteiger partial charge in [0.1, 0.15) is 7.05 Å². The molecule has 2 aromatic carbocycles. The van der Waals surface area contributed by atoms with Crippen LogP contribution in [0.25, 0.3) is 10.8 Å². The topological polar surface area (TPSA) is 3.01 Å². The fourth-order valence-corrected chi connectivity index (χ4v) is 2.98. The molecule has 0 atom stereocenters. The molecule has 1 heteroatoms. The maximum absolute atomic E-state index is 2.32. The van der Waals surface area contributed by atoms with Crippen LogP contribution in [0, 0.1) is 0 Å². The first-order chi connectivity index (χ1) is 10.0. The van der Waals surface area contributed by atoms with Gasteiger partial charge in [-0.15, -0.1) is 0 Å². The summed E-state index contributed by atoms with van der Waals surface area (Å²) in [6.45, 7) is 14.9. The average Bonchev–Trinajstić information content (AvgIpc) is 2.72. The molecule has 0 amide bonds. The second-order valence-electron chi connectivity index (χ2n) is 5.45. The predicted octanol–water partition coefficient (Wildman–Crippen LogP) is 5.92. The number of rotatable bonds is 0. The van der Waals surface area contributed by atoms with Crippen LogP contribution in [0.5, 0.6) is 0 Å². The molecule has 0 N–H and O–H groups in total. The minimum absolute atomic E-state index is 0.130. The van der Waals surface area contributed by atoms with Gasteiger partial charge < -0.3 is 0 Å². The van der Waals surface area contributed by atoms with E-state index in [1.807, 2.05) is 27.7 Å². The van der Waals surface area contributed by atoms with Gasteiger partial charge in [0.25, 0.3) is 0 Å². The number of hydrogen-bond donors (Lipinski definition) is 0. The molecule has 0 unspecified atom stereocenters. The van der Waals surface area contributed by atoms with Crippen molar-refractivity contribution in [1.82, 2.24) is 0 Å². The lowest BCUT2D eigenvalue weighted by atomic mass is 9.80. The molecule has 2 aromatic rings. The molecule has 1 heterocycles. The highest BCUT2D eigenvalue weighted by Gasteiger charge is 2.42. The second kappa shape index (κ2) is 6.89. The number of nitrogens with zero attached hydrogens (tertiary/aromatic N) is 1. The fourth-order valence-electron chi connectivity index (χ4n) is 2.98. The summed E-state index contributed by atoms with van der Waals surface area (Å²) in [5, 5.41) is 2.72. The van der Waals surface area contributed by atoms with Gasteiger partial charge in [-0.3, -0.25) is 0 Å². The zero-order valence-electron chi connectivity index (χ0n) is 14.9. The Morgan fingerprint density at radius 3 is 2.05 bits per heavy atom. The number of benzene rings is 2. The first-order valence-corrected chi connectivity index (χ1v) is 8.13. The fraction of sp³-hybridized carbons (Fsp3) is 0.450. The van der Waals surface area contributed by atoms with Crippen LogP contribution in [0.2, 0.25) is 0 Å². The van der Waals surface area contributed by atoms with Crippen molar-refractivity contribution < 1.29 is 4.58 Å². The molecule has 0 bridgehead atoms. The van der Waals surface area contributed by atoms with Crippen molar-refractivity contribution >= 4 is 22.2 Å². The van der Waals surface area contributed by atoms with Crippen LogP contribution >= 0.6 is 0 Å². The molecule has 1 aliphatic heterocycles. The van der Waals surface area contributed by atoms with Crippen molar-refractivity contribution in [2.75, 3.05) is 7.05 Å². The lowest BCUT2D eigenvalue weighted by Crippen LogP contribution is -2.25.